The summed E-state index contributed by atoms with van der Waals surface area (Å²) >= 11 is 2.14. The van der Waals surface area contributed by atoms with Crippen LogP contribution in [0.5, 0.6) is 0 Å². The van der Waals surface area contributed by atoms with E-state index in [1.165, 1.54) is 0 Å². The Balaban J connectivity index is 2.83. The van der Waals surface area contributed by atoms with Gasteiger partial charge in [-0.05, 0) is 67.5 Å². The van der Waals surface area contributed by atoms with Gasteiger partial charge in [0.15, 0.2) is 0 Å². The lowest BCUT2D eigenvalue weighted by Gasteiger charge is -2.25. The lowest BCUT2D eigenvalue weighted by Crippen LogP contribution is -2.48. The van der Waals surface area contributed by atoms with Gasteiger partial charge in [0.1, 0.15) is 11.6 Å². The van der Waals surface area contributed by atoms with Gasteiger partial charge in [-0.15, -0.1) is 0 Å². The fourth-order valence-corrected chi connectivity index (χ4v) is 2.31. The molecule has 1 rings (SSSR count). The van der Waals surface area contributed by atoms with Crippen LogP contribution in [0.3, 0.4) is 0 Å². The number of ether oxygens (including phenoxy) is 1. The highest BCUT2D eigenvalue weighted by atomic mass is 127. The first-order valence-corrected chi connectivity index (χ1v) is 8.43. The largest absolute Gasteiger partial charge is 0.444 e. The third kappa shape index (κ3) is 6.64. The molecule has 0 fully saturated rings. The van der Waals surface area contributed by atoms with Crippen LogP contribution < -0.4 is 16.4 Å². The second kappa shape index (κ2) is 7.85. The van der Waals surface area contributed by atoms with Gasteiger partial charge in [-0.2, -0.15) is 0 Å². The average Bonchev–Trinajstić information content (AvgIpc) is 2.37. The zero-order chi connectivity index (χ0) is 17.8. The summed E-state index contributed by atoms with van der Waals surface area (Å²) in [6.45, 7) is 9.00. The zero-order valence-corrected chi connectivity index (χ0v) is 16.2. The second-order valence-corrected chi connectivity index (χ2v) is 7.83. The molecule has 7 heteroatoms. The summed E-state index contributed by atoms with van der Waals surface area (Å²) < 4.78 is 6.16. The number of nitrogens with one attached hydrogen (secondary N) is 2. The molecule has 0 radical (unpaired) electrons. The quantitative estimate of drug-likeness (QED) is 0.502. The van der Waals surface area contributed by atoms with Gasteiger partial charge in [0.05, 0.1) is 11.4 Å². The van der Waals surface area contributed by atoms with E-state index in [-0.39, 0.29) is 11.8 Å². The number of alkyl carbamates (subject to hydrolysis) is 1. The van der Waals surface area contributed by atoms with E-state index in [1.54, 1.807) is 32.9 Å². The first kappa shape index (κ1) is 19.5. The van der Waals surface area contributed by atoms with Crippen LogP contribution in [0.2, 0.25) is 0 Å². The Kier molecular flexibility index (Phi) is 6.67. The van der Waals surface area contributed by atoms with Crippen LogP contribution in [-0.2, 0) is 9.53 Å². The highest BCUT2D eigenvalue weighted by molar-refractivity contribution is 14.1. The Bertz CT molecular complexity index is 582. The molecule has 0 spiro atoms. The van der Waals surface area contributed by atoms with Crippen LogP contribution in [-0.4, -0.2) is 23.6 Å². The van der Waals surface area contributed by atoms with Crippen LogP contribution in [0.15, 0.2) is 18.2 Å². The molecule has 23 heavy (non-hydrogen) atoms. The standard InChI is InChI=1S/C16H24IN3O3/c1-9(2)13(20-15(22)23-16(3,4)5)14(21)19-12-8-10(17)6-7-11(12)18/h6-9,13H,18H2,1-5H3,(H,19,21)(H,20,22)/t13-/m0/s1. The zero-order valence-electron chi connectivity index (χ0n) is 14.1. The van der Waals surface area contributed by atoms with Gasteiger partial charge in [0.2, 0.25) is 5.91 Å². The molecule has 2 amide bonds. The molecule has 6 nitrogen and oxygen atoms in total. The summed E-state index contributed by atoms with van der Waals surface area (Å²) in [6, 6.07) is 4.63. The van der Waals surface area contributed by atoms with Crippen molar-refractivity contribution in [3.63, 3.8) is 0 Å². The van der Waals surface area contributed by atoms with Crippen molar-refractivity contribution < 1.29 is 14.3 Å². The number of benzene rings is 1. The van der Waals surface area contributed by atoms with Crippen LogP contribution in [0, 0.1) is 9.49 Å². The Labute approximate surface area is 150 Å². The number of hydrogen-bond acceptors (Lipinski definition) is 4. The van der Waals surface area contributed by atoms with Crippen molar-refractivity contribution in [2.75, 3.05) is 11.1 Å². The molecule has 0 aliphatic heterocycles. The molecule has 4 N–H and O–H groups in total. The van der Waals surface area contributed by atoms with E-state index in [2.05, 4.69) is 33.2 Å². The molecule has 0 saturated heterocycles. The Morgan fingerprint density at radius 2 is 1.87 bits per heavy atom. The molecule has 1 aromatic carbocycles. The minimum atomic E-state index is -0.720. The highest BCUT2D eigenvalue weighted by Gasteiger charge is 2.27. The summed E-state index contributed by atoms with van der Waals surface area (Å²) in [5.74, 6) is -0.439. The smallest absolute Gasteiger partial charge is 0.408 e. The maximum absolute atomic E-state index is 12.5. The molecule has 1 atom stereocenters. The third-order valence-electron chi connectivity index (χ3n) is 2.89. The molecule has 0 bridgehead atoms. The summed E-state index contributed by atoms with van der Waals surface area (Å²) in [5, 5.41) is 5.37. The SMILES string of the molecule is CC(C)[C@H](NC(=O)OC(C)(C)C)C(=O)Nc1cc(I)ccc1N. The predicted octanol–water partition coefficient (Wildman–Crippen LogP) is 3.36. The van der Waals surface area contributed by atoms with Gasteiger partial charge in [0, 0.05) is 3.57 Å². The normalized spacial score (nSPS) is 12.7. The Hall–Kier alpha value is -1.51. The second-order valence-electron chi connectivity index (χ2n) is 6.59. The fraction of sp³-hybridized carbons (Fsp3) is 0.500. The van der Waals surface area contributed by atoms with Crippen molar-refractivity contribution >= 4 is 46.0 Å². The number of anilines is 2. The van der Waals surface area contributed by atoms with Gasteiger partial charge >= 0.3 is 6.09 Å². The summed E-state index contributed by atoms with van der Waals surface area (Å²) in [5.41, 5.74) is 6.24. The molecule has 0 unspecified atom stereocenters. The van der Waals surface area contributed by atoms with Crippen molar-refractivity contribution in [2.24, 2.45) is 5.92 Å². The summed E-state index contributed by atoms with van der Waals surface area (Å²) in [4.78, 5) is 24.4. The van der Waals surface area contributed by atoms with Gasteiger partial charge in [-0.1, -0.05) is 13.8 Å². The fourth-order valence-electron chi connectivity index (χ4n) is 1.82. The lowest BCUT2D eigenvalue weighted by molar-refractivity contribution is -0.119. The Morgan fingerprint density at radius 3 is 2.39 bits per heavy atom. The monoisotopic (exact) mass is 433 g/mol. The molecule has 128 valence electrons. The van der Waals surface area contributed by atoms with Crippen LogP contribution in [0.1, 0.15) is 34.6 Å². The molecule has 0 aliphatic carbocycles. The number of amides is 2. The maximum Gasteiger partial charge on any atom is 0.408 e. The lowest BCUT2D eigenvalue weighted by atomic mass is 10.0. The van der Waals surface area contributed by atoms with E-state index < -0.39 is 17.7 Å². The third-order valence-corrected chi connectivity index (χ3v) is 3.57. The molecular formula is C16H24IN3O3. The van der Waals surface area contributed by atoms with E-state index >= 15 is 0 Å². The van der Waals surface area contributed by atoms with Crippen molar-refractivity contribution in [3.8, 4) is 0 Å². The van der Waals surface area contributed by atoms with Gasteiger partial charge in [0.25, 0.3) is 0 Å². The number of halogens is 1. The van der Waals surface area contributed by atoms with E-state index in [4.69, 9.17) is 10.5 Å². The number of carbonyl (C=O) groups excluding carboxylic acids is 2. The first-order chi connectivity index (χ1) is 10.5. The van der Waals surface area contributed by atoms with Gasteiger partial charge in [-0.3, -0.25) is 4.79 Å². The van der Waals surface area contributed by atoms with Crippen LogP contribution >= 0.6 is 22.6 Å². The van der Waals surface area contributed by atoms with Crippen LogP contribution in [0.4, 0.5) is 16.2 Å². The molecule has 0 aliphatic rings. The number of hydrogen-bond donors (Lipinski definition) is 3. The average molecular weight is 433 g/mol. The van der Waals surface area contributed by atoms with Crippen molar-refractivity contribution in [3.05, 3.63) is 21.8 Å². The molecular weight excluding hydrogens is 409 g/mol. The molecule has 0 aromatic heterocycles. The van der Waals surface area contributed by atoms with E-state index in [0.717, 1.165) is 3.57 Å². The minimum absolute atomic E-state index is 0.105. The van der Waals surface area contributed by atoms with Gasteiger partial charge in [-0.25, -0.2) is 4.79 Å². The van der Waals surface area contributed by atoms with Crippen molar-refractivity contribution in [1.82, 2.24) is 5.32 Å². The van der Waals surface area contributed by atoms with Gasteiger partial charge < -0.3 is 21.1 Å². The number of carbonyl (C=O) groups is 2. The Morgan fingerprint density at radius 1 is 1.26 bits per heavy atom. The molecule has 0 saturated carbocycles. The highest BCUT2D eigenvalue weighted by Crippen LogP contribution is 2.21. The predicted molar refractivity (Wildman–Crippen MR) is 100 cm³/mol. The maximum atomic E-state index is 12.5. The van der Waals surface area contributed by atoms with E-state index in [1.807, 2.05) is 19.9 Å². The van der Waals surface area contributed by atoms with Crippen molar-refractivity contribution in [1.29, 1.82) is 0 Å². The van der Waals surface area contributed by atoms with E-state index in [0.29, 0.717) is 11.4 Å². The number of nitrogen functional groups attached to an aromatic ring is 1. The topological polar surface area (TPSA) is 93.4 Å². The molecule has 1 aromatic rings. The minimum Gasteiger partial charge on any atom is -0.444 e. The molecule has 0 heterocycles. The van der Waals surface area contributed by atoms with Crippen molar-refractivity contribution in [2.45, 2.75) is 46.3 Å². The first-order valence-electron chi connectivity index (χ1n) is 7.35. The van der Waals surface area contributed by atoms with E-state index in [9.17, 15) is 9.59 Å². The number of rotatable bonds is 4. The van der Waals surface area contributed by atoms with Crippen LogP contribution in [0.25, 0.3) is 0 Å². The number of nitrogens with two attached hydrogens (primary N) is 1. The summed E-state index contributed by atoms with van der Waals surface area (Å²) in [6.07, 6.45) is -0.623. The summed E-state index contributed by atoms with van der Waals surface area (Å²) in [7, 11) is 0.